The summed E-state index contributed by atoms with van der Waals surface area (Å²) < 4.78 is 33.6. The highest BCUT2D eigenvalue weighted by Crippen LogP contribution is 2.32. The van der Waals surface area contributed by atoms with Crippen molar-refractivity contribution in [2.24, 2.45) is 0 Å². The Bertz CT molecular complexity index is 1050. The maximum Gasteiger partial charge on any atom is 0.243 e. The Morgan fingerprint density at radius 2 is 1.74 bits per heavy atom. The molecule has 0 radical (unpaired) electrons. The molecule has 0 saturated carbocycles. The third-order valence-electron chi connectivity index (χ3n) is 4.75. The Labute approximate surface area is 163 Å². The molecule has 1 aliphatic rings. The summed E-state index contributed by atoms with van der Waals surface area (Å²) in [4.78, 5) is 7.19. The molecule has 1 fully saturated rings. The van der Waals surface area contributed by atoms with Gasteiger partial charge >= 0.3 is 0 Å². The average molecular weight is 404 g/mol. The number of benzene rings is 2. The van der Waals surface area contributed by atoms with Gasteiger partial charge in [0.1, 0.15) is 5.75 Å². The van der Waals surface area contributed by atoms with Gasteiger partial charge in [-0.1, -0.05) is 29.0 Å². The first-order valence-electron chi connectivity index (χ1n) is 8.74. The van der Waals surface area contributed by atoms with Gasteiger partial charge < -0.3 is 9.64 Å². The van der Waals surface area contributed by atoms with Gasteiger partial charge in [0.15, 0.2) is 5.13 Å². The molecule has 3 aromatic rings. The minimum Gasteiger partial charge on any atom is -0.497 e. The fourth-order valence-electron chi connectivity index (χ4n) is 3.13. The predicted octanol–water partition coefficient (Wildman–Crippen LogP) is 3.12. The number of anilines is 1. The zero-order valence-corrected chi connectivity index (χ0v) is 16.9. The van der Waals surface area contributed by atoms with Crippen LogP contribution >= 0.6 is 11.3 Å². The molecule has 6 nitrogen and oxygen atoms in total. The van der Waals surface area contributed by atoms with E-state index in [1.165, 1.54) is 0 Å². The molecule has 0 unspecified atom stereocenters. The largest absolute Gasteiger partial charge is 0.497 e. The van der Waals surface area contributed by atoms with Gasteiger partial charge in [-0.3, -0.25) is 0 Å². The van der Waals surface area contributed by atoms with Crippen molar-refractivity contribution >= 4 is 36.7 Å². The molecule has 2 heterocycles. The van der Waals surface area contributed by atoms with Crippen molar-refractivity contribution < 1.29 is 13.2 Å². The molecule has 2 aromatic carbocycles. The van der Waals surface area contributed by atoms with E-state index < -0.39 is 10.0 Å². The van der Waals surface area contributed by atoms with Gasteiger partial charge in [0, 0.05) is 26.2 Å². The minimum atomic E-state index is -3.44. The number of hydrogen-bond donors (Lipinski definition) is 0. The van der Waals surface area contributed by atoms with Crippen molar-refractivity contribution in [3.8, 4) is 5.75 Å². The summed E-state index contributed by atoms with van der Waals surface area (Å²) in [5.74, 6) is 0.812. The van der Waals surface area contributed by atoms with E-state index in [-0.39, 0.29) is 0 Å². The normalized spacial score (nSPS) is 16.0. The molecule has 1 aliphatic heterocycles. The molecular weight excluding hydrogens is 382 g/mol. The van der Waals surface area contributed by atoms with Crippen LogP contribution in [0.1, 0.15) is 5.56 Å². The maximum atomic E-state index is 12.8. The number of piperazine rings is 1. The second-order valence-corrected chi connectivity index (χ2v) is 9.48. The fraction of sp³-hybridized carbons (Fsp3) is 0.316. The number of sulfonamides is 1. The van der Waals surface area contributed by atoms with Crippen molar-refractivity contribution in [3.63, 3.8) is 0 Å². The lowest BCUT2D eigenvalue weighted by Crippen LogP contribution is -2.48. The van der Waals surface area contributed by atoms with E-state index in [1.807, 2.05) is 37.3 Å². The van der Waals surface area contributed by atoms with Crippen LogP contribution in [-0.2, 0) is 10.0 Å². The summed E-state index contributed by atoms with van der Waals surface area (Å²) in [6.45, 7) is 4.11. The van der Waals surface area contributed by atoms with Crippen LogP contribution in [0.2, 0.25) is 0 Å². The number of fused-ring (bicyclic) bond motifs is 1. The highest BCUT2D eigenvalue weighted by molar-refractivity contribution is 7.89. The minimum absolute atomic E-state index is 0.355. The first-order chi connectivity index (χ1) is 13.0. The number of nitrogens with zero attached hydrogens (tertiary/aromatic N) is 3. The number of aromatic nitrogens is 1. The molecular formula is C19H21N3O3S2. The smallest absolute Gasteiger partial charge is 0.243 e. The number of aryl methyl sites for hydroxylation is 1. The fourth-order valence-corrected chi connectivity index (χ4v) is 5.60. The van der Waals surface area contributed by atoms with E-state index >= 15 is 0 Å². The van der Waals surface area contributed by atoms with E-state index in [4.69, 9.17) is 4.74 Å². The molecule has 1 aromatic heterocycles. The lowest BCUT2D eigenvalue weighted by atomic mass is 10.2. The Balaban J connectivity index is 1.49. The van der Waals surface area contributed by atoms with Crippen LogP contribution in [0.15, 0.2) is 47.4 Å². The van der Waals surface area contributed by atoms with Crippen LogP contribution in [0.3, 0.4) is 0 Å². The van der Waals surface area contributed by atoms with Crippen molar-refractivity contribution in [2.75, 3.05) is 38.2 Å². The van der Waals surface area contributed by atoms with Gasteiger partial charge in [-0.05, 0) is 37.3 Å². The van der Waals surface area contributed by atoms with Crippen molar-refractivity contribution in [1.29, 1.82) is 0 Å². The molecule has 8 heteroatoms. The number of methoxy groups -OCH3 is 1. The maximum absolute atomic E-state index is 12.8. The number of hydrogen-bond acceptors (Lipinski definition) is 6. The van der Waals surface area contributed by atoms with E-state index in [2.05, 4.69) is 9.88 Å². The third-order valence-corrected chi connectivity index (χ3v) is 7.74. The molecule has 0 N–H and O–H groups in total. The molecule has 27 heavy (non-hydrogen) atoms. The molecule has 1 saturated heterocycles. The lowest BCUT2D eigenvalue weighted by Gasteiger charge is -2.33. The van der Waals surface area contributed by atoms with Crippen molar-refractivity contribution in [1.82, 2.24) is 9.29 Å². The number of ether oxygens (including phenoxy) is 1. The van der Waals surface area contributed by atoms with Crippen LogP contribution in [0.25, 0.3) is 10.2 Å². The zero-order valence-electron chi connectivity index (χ0n) is 15.3. The Morgan fingerprint density at radius 3 is 2.41 bits per heavy atom. The summed E-state index contributed by atoms with van der Waals surface area (Å²) in [5, 5.41) is 0.922. The summed E-state index contributed by atoms with van der Waals surface area (Å²) in [6.07, 6.45) is 0. The van der Waals surface area contributed by atoms with Crippen LogP contribution in [-0.4, -0.2) is 51.0 Å². The number of rotatable bonds is 4. The third kappa shape index (κ3) is 3.52. The average Bonchev–Trinajstić information content (AvgIpc) is 3.11. The molecule has 0 aliphatic carbocycles. The topological polar surface area (TPSA) is 62.7 Å². The van der Waals surface area contributed by atoms with Gasteiger partial charge in [-0.15, -0.1) is 0 Å². The second kappa shape index (κ2) is 7.10. The molecule has 0 atom stereocenters. The summed E-state index contributed by atoms with van der Waals surface area (Å²) in [7, 11) is -1.80. The summed E-state index contributed by atoms with van der Waals surface area (Å²) >= 11 is 1.61. The second-order valence-electron chi connectivity index (χ2n) is 6.53. The van der Waals surface area contributed by atoms with Gasteiger partial charge in [0.05, 0.1) is 22.2 Å². The van der Waals surface area contributed by atoms with E-state index in [0.29, 0.717) is 31.1 Å². The lowest BCUT2D eigenvalue weighted by molar-refractivity contribution is 0.385. The Morgan fingerprint density at radius 1 is 1.04 bits per heavy atom. The van der Waals surface area contributed by atoms with Crippen LogP contribution in [0.4, 0.5) is 5.13 Å². The van der Waals surface area contributed by atoms with Crippen LogP contribution in [0.5, 0.6) is 5.75 Å². The van der Waals surface area contributed by atoms with Crippen LogP contribution < -0.4 is 9.64 Å². The summed E-state index contributed by atoms with van der Waals surface area (Å²) in [6, 6.07) is 12.9. The molecule has 0 spiro atoms. The zero-order chi connectivity index (χ0) is 19.0. The van der Waals surface area contributed by atoms with Gasteiger partial charge in [0.25, 0.3) is 0 Å². The summed E-state index contributed by atoms with van der Waals surface area (Å²) in [5.41, 5.74) is 1.98. The predicted molar refractivity (Wildman–Crippen MR) is 108 cm³/mol. The van der Waals surface area contributed by atoms with Crippen LogP contribution in [0, 0.1) is 6.92 Å². The Kier molecular flexibility index (Phi) is 4.79. The van der Waals surface area contributed by atoms with E-state index in [0.717, 1.165) is 26.7 Å². The molecule has 142 valence electrons. The standard InChI is InChI=1S/C19H21N3O3S2/c1-14-3-6-16(7-4-14)27(23,24)22-11-9-21(10-12-22)19-20-17-8-5-15(25-2)13-18(17)26-19/h3-8,13H,9-12H2,1-2H3. The monoisotopic (exact) mass is 403 g/mol. The highest BCUT2D eigenvalue weighted by Gasteiger charge is 2.29. The van der Waals surface area contributed by atoms with Crippen molar-refractivity contribution in [3.05, 3.63) is 48.0 Å². The highest BCUT2D eigenvalue weighted by atomic mass is 32.2. The first-order valence-corrected chi connectivity index (χ1v) is 11.0. The van der Waals surface area contributed by atoms with E-state index in [1.54, 1.807) is 34.9 Å². The molecule has 0 amide bonds. The Hall–Kier alpha value is -2.16. The number of thiazole rings is 1. The van der Waals surface area contributed by atoms with Crippen molar-refractivity contribution in [2.45, 2.75) is 11.8 Å². The van der Waals surface area contributed by atoms with Gasteiger partial charge in [-0.25, -0.2) is 13.4 Å². The quantitative estimate of drug-likeness (QED) is 0.670. The molecule has 0 bridgehead atoms. The van der Waals surface area contributed by atoms with Gasteiger partial charge in [0.2, 0.25) is 10.0 Å². The van der Waals surface area contributed by atoms with E-state index in [9.17, 15) is 8.42 Å². The first kappa shape index (κ1) is 18.2. The van der Waals surface area contributed by atoms with Gasteiger partial charge in [-0.2, -0.15) is 4.31 Å². The molecule has 4 rings (SSSR count). The SMILES string of the molecule is COc1ccc2nc(N3CCN(S(=O)(=O)c4ccc(C)cc4)CC3)sc2c1.